The SMILES string of the molecule is O=[N+]([O-])c1ccc(CN2CCC(Nc3ccnc(C4CC4)n3)CC2)cc1. The Kier molecular flexibility index (Phi) is 4.79. The molecule has 7 heteroatoms. The molecule has 0 atom stereocenters. The molecule has 2 heterocycles. The summed E-state index contributed by atoms with van der Waals surface area (Å²) in [5, 5.41) is 14.3. The number of anilines is 1. The van der Waals surface area contributed by atoms with Gasteiger partial charge in [-0.25, -0.2) is 9.97 Å². The van der Waals surface area contributed by atoms with Crippen molar-refractivity contribution < 1.29 is 4.92 Å². The number of nitro benzene ring substituents is 1. The topological polar surface area (TPSA) is 84.2 Å². The molecule has 0 bridgehead atoms. The lowest BCUT2D eigenvalue weighted by molar-refractivity contribution is -0.384. The zero-order valence-electron chi connectivity index (χ0n) is 14.7. The average molecular weight is 353 g/mol. The van der Waals surface area contributed by atoms with Gasteiger partial charge in [-0.1, -0.05) is 12.1 Å². The number of hydrogen-bond donors (Lipinski definition) is 1. The van der Waals surface area contributed by atoms with Crippen molar-refractivity contribution in [3.8, 4) is 0 Å². The van der Waals surface area contributed by atoms with Crippen molar-refractivity contribution in [3.05, 3.63) is 58.0 Å². The molecule has 0 spiro atoms. The van der Waals surface area contributed by atoms with Gasteiger partial charge in [0.2, 0.25) is 0 Å². The van der Waals surface area contributed by atoms with Crippen LogP contribution in [0.15, 0.2) is 36.5 Å². The standard InChI is InChI=1S/C19H23N5O2/c25-24(26)17-5-1-14(2-6-17)13-23-11-8-16(9-12-23)21-18-7-10-20-19(22-18)15-3-4-15/h1-2,5-7,10,15-16H,3-4,8-9,11-13H2,(H,20,21,22). The van der Waals surface area contributed by atoms with E-state index in [1.165, 1.54) is 12.8 Å². The number of hydrogen-bond acceptors (Lipinski definition) is 6. The minimum atomic E-state index is -0.358. The van der Waals surface area contributed by atoms with Crippen LogP contribution in [0.3, 0.4) is 0 Å². The van der Waals surface area contributed by atoms with Gasteiger partial charge in [-0.3, -0.25) is 15.0 Å². The maximum absolute atomic E-state index is 10.7. The summed E-state index contributed by atoms with van der Waals surface area (Å²) >= 11 is 0. The molecule has 2 aliphatic rings. The van der Waals surface area contributed by atoms with E-state index in [1.54, 1.807) is 12.1 Å². The Labute approximate surface area is 152 Å². The van der Waals surface area contributed by atoms with Crippen molar-refractivity contribution in [2.75, 3.05) is 18.4 Å². The van der Waals surface area contributed by atoms with Gasteiger partial charge in [-0.2, -0.15) is 0 Å². The van der Waals surface area contributed by atoms with Crippen LogP contribution in [0.25, 0.3) is 0 Å². The molecule has 1 N–H and O–H groups in total. The summed E-state index contributed by atoms with van der Waals surface area (Å²) in [4.78, 5) is 21.8. The van der Waals surface area contributed by atoms with Crippen LogP contribution in [0.4, 0.5) is 11.5 Å². The molecule has 1 saturated carbocycles. The minimum Gasteiger partial charge on any atom is -0.367 e. The first-order valence-corrected chi connectivity index (χ1v) is 9.22. The highest BCUT2D eigenvalue weighted by Gasteiger charge is 2.27. The summed E-state index contributed by atoms with van der Waals surface area (Å²) in [7, 11) is 0. The molecule has 0 radical (unpaired) electrons. The van der Waals surface area contributed by atoms with Crippen molar-refractivity contribution in [3.63, 3.8) is 0 Å². The Morgan fingerprint density at radius 2 is 1.85 bits per heavy atom. The van der Waals surface area contributed by atoms with E-state index in [2.05, 4.69) is 20.2 Å². The van der Waals surface area contributed by atoms with Crippen LogP contribution in [-0.4, -0.2) is 38.9 Å². The Morgan fingerprint density at radius 1 is 1.12 bits per heavy atom. The van der Waals surface area contributed by atoms with E-state index in [-0.39, 0.29) is 10.6 Å². The van der Waals surface area contributed by atoms with Gasteiger partial charge in [0, 0.05) is 49.9 Å². The van der Waals surface area contributed by atoms with Crippen molar-refractivity contribution in [2.45, 2.75) is 44.2 Å². The lowest BCUT2D eigenvalue weighted by Crippen LogP contribution is -2.38. The predicted molar refractivity (Wildman–Crippen MR) is 99.0 cm³/mol. The zero-order chi connectivity index (χ0) is 17.9. The molecule has 1 aliphatic heterocycles. The Balaban J connectivity index is 1.27. The van der Waals surface area contributed by atoms with Crippen molar-refractivity contribution >= 4 is 11.5 Å². The van der Waals surface area contributed by atoms with E-state index in [0.717, 1.165) is 49.7 Å². The molecule has 1 aromatic carbocycles. The average Bonchev–Trinajstić information content (AvgIpc) is 3.49. The third-order valence-electron chi connectivity index (χ3n) is 5.11. The fourth-order valence-corrected chi connectivity index (χ4v) is 3.42. The molecule has 26 heavy (non-hydrogen) atoms. The quantitative estimate of drug-likeness (QED) is 0.633. The van der Waals surface area contributed by atoms with Crippen molar-refractivity contribution in [1.29, 1.82) is 0 Å². The van der Waals surface area contributed by atoms with Crippen LogP contribution in [0.1, 0.15) is 43.0 Å². The summed E-state index contributed by atoms with van der Waals surface area (Å²) in [6.07, 6.45) is 6.41. The first-order chi connectivity index (χ1) is 12.7. The molecule has 2 fully saturated rings. The van der Waals surface area contributed by atoms with Gasteiger partial charge in [-0.05, 0) is 37.3 Å². The number of piperidine rings is 1. The fraction of sp³-hybridized carbons (Fsp3) is 0.474. The smallest absolute Gasteiger partial charge is 0.269 e. The van der Waals surface area contributed by atoms with Crippen molar-refractivity contribution in [1.82, 2.24) is 14.9 Å². The minimum absolute atomic E-state index is 0.145. The molecule has 7 nitrogen and oxygen atoms in total. The first kappa shape index (κ1) is 16.9. The van der Waals surface area contributed by atoms with Crippen LogP contribution in [0.2, 0.25) is 0 Å². The highest BCUT2D eigenvalue weighted by molar-refractivity contribution is 5.35. The number of benzene rings is 1. The highest BCUT2D eigenvalue weighted by Crippen LogP contribution is 2.38. The second kappa shape index (κ2) is 7.37. The third-order valence-corrected chi connectivity index (χ3v) is 5.11. The Morgan fingerprint density at radius 3 is 2.50 bits per heavy atom. The number of likely N-dealkylation sites (tertiary alicyclic amines) is 1. The normalized spacial score (nSPS) is 18.6. The summed E-state index contributed by atoms with van der Waals surface area (Å²) < 4.78 is 0. The van der Waals surface area contributed by atoms with Gasteiger partial charge in [0.15, 0.2) is 0 Å². The maximum Gasteiger partial charge on any atom is 0.269 e. The highest BCUT2D eigenvalue weighted by atomic mass is 16.6. The van der Waals surface area contributed by atoms with Crippen LogP contribution < -0.4 is 5.32 Å². The Bertz CT molecular complexity index is 768. The summed E-state index contributed by atoms with van der Waals surface area (Å²) in [5.41, 5.74) is 1.26. The predicted octanol–water partition coefficient (Wildman–Crippen LogP) is 3.34. The number of rotatable bonds is 6. The molecular formula is C19H23N5O2. The fourth-order valence-electron chi connectivity index (χ4n) is 3.42. The van der Waals surface area contributed by atoms with Gasteiger partial charge in [-0.15, -0.1) is 0 Å². The largest absolute Gasteiger partial charge is 0.367 e. The second-order valence-electron chi connectivity index (χ2n) is 7.19. The number of non-ortho nitro benzene ring substituents is 1. The molecule has 1 aliphatic carbocycles. The van der Waals surface area contributed by atoms with Gasteiger partial charge < -0.3 is 5.32 Å². The molecule has 0 unspecified atom stereocenters. The molecule has 136 valence electrons. The van der Waals surface area contributed by atoms with E-state index >= 15 is 0 Å². The summed E-state index contributed by atoms with van der Waals surface area (Å²) in [6.45, 7) is 2.86. The van der Waals surface area contributed by atoms with Crippen LogP contribution in [0.5, 0.6) is 0 Å². The molecular weight excluding hydrogens is 330 g/mol. The molecule has 1 aromatic heterocycles. The third kappa shape index (κ3) is 4.16. The lowest BCUT2D eigenvalue weighted by atomic mass is 10.0. The van der Waals surface area contributed by atoms with Gasteiger partial charge in [0.25, 0.3) is 5.69 Å². The zero-order valence-corrected chi connectivity index (χ0v) is 14.7. The number of nitrogens with one attached hydrogen (secondary N) is 1. The van der Waals surface area contributed by atoms with Crippen molar-refractivity contribution in [2.24, 2.45) is 0 Å². The molecule has 1 saturated heterocycles. The first-order valence-electron chi connectivity index (χ1n) is 9.22. The second-order valence-corrected chi connectivity index (χ2v) is 7.19. The number of nitrogens with zero attached hydrogens (tertiary/aromatic N) is 4. The molecule has 2 aromatic rings. The molecule has 0 amide bonds. The van der Waals surface area contributed by atoms with Gasteiger partial charge in [0.1, 0.15) is 11.6 Å². The van der Waals surface area contributed by atoms with Crippen LogP contribution in [-0.2, 0) is 6.54 Å². The van der Waals surface area contributed by atoms with E-state index in [9.17, 15) is 10.1 Å². The van der Waals surface area contributed by atoms with E-state index in [0.29, 0.717) is 12.0 Å². The van der Waals surface area contributed by atoms with Gasteiger partial charge >= 0.3 is 0 Å². The summed E-state index contributed by atoms with van der Waals surface area (Å²) in [5.74, 6) is 2.49. The monoisotopic (exact) mass is 353 g/mol. The molecule has 4 rings (SSSR count). The van der Waals surface area contributed by atoms with Gasteiger partial charge in [0.05, 0.1) is 4.92 Å². The Hall–Kier alpha value is -2.54. The van der Waals surface area contributed by atoms with E-state index in [4.69, 9.17) is 0 Å². The number of aromatic nitrogens is 2. The van der Waals surface area contributed by atoms with E-state index < -0.39 is 0 Å². The maximum atomic E-state index is 10.7. The van der Waals surface area contributed by atoms with E-state index in [1.807, 2.05) is 24.4 Å². The number of nitro groups is 1. The summed E-state index contributed by atoms with van der Waals surface area (Å²) in [6, 6.07) is 9.25. The van der Waals surface area contributed by atoms with Crippen LogP contribution >= 0.6 is 0 Å². The lowest BCUT2D eigenvalue weighted by Gasteiger charge is -2.32. The van der Waals surface area contributed by atoms with Crippen LogP contribution in [0, 0.1) is 10.1 Å².